The largest absolute Gasteiger partial charge is 0.478 e. The Morgan fingerprint density at radius 3 is 2.78 bits per heavy atom. The molecule has 1 aromatic rings. The fraction of sp³-hybridized carbons (Fsp3) is 0. The lowest BCUT2D eigenvalue weighted by Crippen LogP contribution is -1.95. The molecule has 0 saturated carbocycles. The maximum absolute atomic E-state index is 10.2. The SMILES string of the molecule is O=C(O)c1ccc[siH]c1. The predicted octanol–water partition coefficient (Wildman–Crippen LogP) is 0.455. The van der Waals surface area contributed by atoms with Gasteiger partial charge in [-0.05, 0) is 6.07 Å². The standard InChI is InChI=1S/C6H6O2Si/c7-6(8)5-2-1-3-9-4-5/h1-4,9H,(H,7,8). The third kappa shape index (κ3) is 1.47. The van der Waals surface area contributed by atoms with Crippen molar-refractivity contribution in [1.29, 1.82) is 0 Å². The van der Waals surface area contributed by atoms with Crippen molar-refractivity contribution < 1.29 is 9.90 Å². The van der Waals surface area contributed by atoms with Crippen LogP contribution in [0.3, 0.4) is 0 Å². The van der Waals surface area contributed by atoms with E-state index in [0.717, 1.165) is 0 Å². The Bertz CT molecular complexity index is 208. The second-order valence-electron chi connectivity index (χ2n) is 1.67. The number of hydrogen-bond acceptors (Lipinski definition) is 1. The van der Waals surface area contributed by atoms with Crippen LogP contribution in [0.5, 0.6) is 0 Å². The highest BCUT2D eigenvalue weighted by molar-refractivity contribution is 6.28. The van der Waals surface area contributed by atoms with E-state index in [2.05, 4.69) is 0 Å². The lowest BCUT2D eigenvalue weighted by molar-refractivity contribution is 0.0697. The van der Waals surface area contributed by atoms with Gasteiger partial charge in [-0.15, -0.1) is 0 Å². The Labute approximate surface area is 54.9 Å². The Kier molecular flexibility index (Phi) is 1.74. The number of rotatable bonds is 1. The lowest BCUT2D eigenvalue weighted by atomic mass is 10.3. The Morgan fingerprint density at radius 1 is 1.67 bits per heavy atom. The van der Waals surface area contributed by atoms with Gasteiger partial charge in [-0.25, -0.2) is 4.79 Å². The van der Waals surface area contributed by atoms with Crippen LogP contribution in [0.4, 0.5) is 0 Å². The Hall–Kier alpha value is -0.963. The van der Waals surface area contributed by atoms with Gasteiger partial charge in [0.15, 0.2) is 0 Å². The van der Waals surface area contributed by atoms with Gasteiger partial charge in [0.25, 0.3) is 0 Å². The van der Waals surface area contributed by atoms with E-state index in [-0.39, 0.29) is 9.12 Å². The minimum Gasteiger partial charge on any atom is -0.478 e. The molecular formula is C6H6O2Si. The maximum Gasteiger partial charge on any atom is 0.335 e. The summed E-state index contributed by atoms with van der Waals surface area (Å²) >= 11 is 0. The van der Waals surface area contributed by atoms with Gasteiger partial charge in [0.2, 0.25) is 0 Å². The molecule has 0 spiro atoms. The molecule has 0 aliphatic carbocycles. The molecule has 1 rings (SSSR count). The summed E-state index contributed by atoms with van der Waals surface area (Å²) in [5.74, 6) is -0.827. The lowest BCUT2D eigenvalue weighted by Gasteiger charge is -1.88. The van der Waals surface area contributed by atoms with Crippen molar-refractivity contribution >= 4 is 15.1 Å². The highest BCUT2D eigenvalue weighted by Gasteiger charge is 1.96. The third-order valence-corrected chi connectivity index (χ3v) is 2.02. The molecule has 0 atom stereocenters. The first kappa shape index (κ1) is 6.16. The normalized spacial score (nSPS) is 8.89. The molecule has 0 amide bonds. The summed E-state index contributed by atoms with van der Waals surface area (Å²) in [5.41, 5.74) is 4.18. The minimum atomic E-state index is -0.827. The smallest absolute Gasteiger partial charge is 0.335 e. The second-order valence-corrected chi connectivity index (χ2v) is 2.77. The van der Waals surface area contributed by atoms with Gasteiger partial charge in [-0.1, -0.05) is 17.4 Å². The van der Waals surface area contributed by atoms with Crippen LogP contribution in [-0.4, -0.2) is 20.2 Å². The van der Waals surface area contributed by atoms with Crippen molar-refractivity contribution in [2.45, 2.75) is 0 Å². The van der Waals surface area contributed by atoms with Crippen molar-refractivity contribution in [3.05, 3.63) is 29.1 Å². The molecule has 0 saturated heterocycles. The summed E-state index contributed by atoms with van der Waals surface area (Å²) in [5, 5.41) is 8.42. The van der Waals surface area contributed by atoms with Crippen molar-refractivity contribution in [2.75, 3.05) is 0 Å². The summed E-state index contributed by atoms with van der Waals surface area (Å²) in [6.07, 6.45) is 0. The molecule has 46 valence electrons. The zero-order chi connectivity index (χ0) is 6.69. The van der Waals surface area contributed by atoms with Gasteiger partial charge < -0.3 is 5.11 Å². The highest BCUT2D eigenvalue weighted by Crippen LogP contribution is 1.92. The number of carboxylic acids is 1. The first-order chi connectivity index (χ1) is 4.30. The molecule has 0 unspecified atom stereocenters. The molecule has 1 aromatic heterocycles. The fourth-order valence-corrected chi connectivity index (χ4v) is 1.39. The van der Waals surface area contributed by atoms with E-state index in [9.17, 15) is 4.79 Å². The summed E-state index contributed by atoms with van der Waals surface area (Å²) in [7, 11) is 0.0919. The summed E-state index contributed by atoms with van der Waals surface area (Å²) < 4.78 is 0. The maximum atomic E-state index is 10.2. The van der Waals surface area contributed by atoms with E-state index in [1.807, 2.05) is 5.68 Å². The van der Waals surface area contributed by atoms with E-state index in [1.54, 1.807) is 17.8 Å². The minimum absolute atomic E-state index is 0.0919. The molecule has 0 radical (unpaired) electrons. The zero-order valence-electron chi connectivity index (χ0n) is 4.74. The molecule has 0 aliphatic rings. The van der Waals surface area contributed by atoms with Crippen LogP contribution >= 0.6 is 0 Å². The van der Waals surface area contributed by atoms with Crippen LogP contribution in [0.25, 0.3) is 0 Å². The molecule has 0 fully saturated rings. The van der Waals surface area contributed by atoms with Gasteiger partial charge in [-0.3, -0.25) is 0 Å². The predicted molar refractivity (Wildman–Crippen MR) is 36.1 cm³/mol. The van der Waals surface area contributed by atoms with Crippen LogP contribution in [0, 0.1) is 0 Å². The summed E-state index contributed by atoms with van der Waals surface area (Å²) in [6.45, 7) is 0. The van der Waals surface area contributed by atoms with Crippen LogP contribution in [0.15, 0.2) is 23.5 Å². The molecule has 0 aromatic carbocycles. The van der Waals surface area contributed by atoms with E-state index in [4.69, 9.17) is 5.11 Å². The monoisotopic (exact) mass is 138 g/mol. The summed E-state index contributed by atoms with van der Waals surface area (Å²) in [4.78, 5) is 10.2. The average molecular weight is 138 g/mol. The van der Waals surface area contributed by atoms with Crippen LogP contribution in [0.2, 0.25) is 0 Å². The van der Waals surface area contributed by atoms with Gasteiger partial charge in [0.1, 0.15) is 0 Å². The topological polar surface area (TPSA) is 37.3 Å². The molecule has 3 heteroatoms. The van der Waals surface area contributed by atoms with Gasteiger partial charge in [0.05, 0.1) is 5.56 Å². The van der Waals surface area contributed by atoms with E-state index in [0.29, 0.717) is 5.56 Å². The quantitative estimate of drug-likeness (QED) is 0.572. The van der Waals surface area contributed by atoms with Crippen LogP contribution < -0.4 is 0 Å². The number of carbonyl (C=O) groups is 1. The van der Waals surface area contributed by atoms with Crippen molar-refractivity contribution in [3.63, 3.8) is 0 Å². The molecule has 1 heterocycles. The van der Waals surface area contributed by atoms with Crippen molar-refractivity contribution in [2.24, 2.45) is 0 Å². The second kappa shape index (κ2) is 2.55. The van der Waals surface area contributed by atoms with Gasteiger partial charge in [-0.2, -0.15) is 0 Å². The van der Waals surface area contributed by atoms with Gasteiger partial charge >= 0.3 is 5.97 Å². The molecule has 0 bridgehead atoms. The Balaban J connectivity index is 2.98. The van der Waals surface area contributed by atoms with Crippen LogP contribution in [-0.2, 0) is 0 Å². The van der Waals surface area contributed by atoms with Crippen LogP contribution in [0.1, 0.15) is 10.4 Å². The highest BCUT2D eigenvalue weighted by atomic mass is 28.2. The number of carboxylic acid groups (broad SMARTS) is 1. The first-order valence-corrected chi connectivity index (χ1v) is 3.92. The molecule has 2 nitrogen and oxygen atoms in total. The first-order valence-electron chi connectivity index (χ1n) is 2.59. The van der Waals surface area contributed by atoms with E-state index in [1.165, 1.54) is 0 Å². The summed E-state index contributed by atoms with van der Waals surface area (Å²) in [6, 6.07) is 3.40. The van der Waals surface area contributed by atoms with E-state index >= 15 is 0 Å². The van der Waals surface area contributed by atoms with Crippen molar-refractivity contribution in [1.82, 2.24) is 0 Å². The number of hydrogen-bond donors (Lipinski definition) is 1. The molecular weight excluding hydrogens is 132 g/mol. The fourth-order valence-electron chi connectivity index (χ4n) is 0.581. The molecule has 9 heavy (non-hydrogen) atoms. The third-order valence-electron chi connectivity index (χ3n) is 1.02. The van der Waals surface area contributed by atoms with E-state index < -0.39 is 5.97 Å². The zero-order valence-corrected chi connectivity index (χ0v) is 5.90. The molecule has 0 aliphatic heterocycles. The average Bonchev–Trinajstić information content (AvgIpc) is 1.90. The molecule has 1 N–H and O–H groups in total. The number of aromatic carboxylic acids is 1. The van der Waals surface area contributed by atoms with Gasteiger partial charge in [0, 0.05) is 9.12 Å². The van der Waals surface area contributed by atoms with Crippen molar-refractivity contribution in [3.8, 4) is 0 Å². The Morgan fingerprint density at radius 2 is 2.44 bits per heavy atom.